The Morgan fingerprint density at radius 3 is 1.80 bits per heavy atom. The van der Waals surface area contributed by atoms with E-state index in [0.29, 0.717) is 0 Å². The lowest BCUT2D eigenvalue weighted by atomic mass is 9.96. The van der Waals surface area contributed by atoms with E-state index >= 15 is 0 Å². The smallest absolute Gasteiger partial charge is 0.136 e. The lowest BCUT2D eigenvalue weighted by Crippen LogP contribution is -2.11. The average Bonchev–Trinajstić information content (AvgIpc) is 3.82. The number of furan rings is 1. The van der Waals surface area contributed by atoms with Gasteiger partial charge in [-0.1, -0.05) is 146 Å². The number of hydrogen-bond donors (Lipinski definition) is 0. The Bertz CT molecular complexity index is 3190. The largest absolute Gasteiger partial charge is 0.456 e. The van der Waals surface area contributed by atoms with Crippen molar-refractivity contribution in [1.82, 2.24) is 0 Å². The van der Waals surface area contributed by atoms with Crippen LogP contribution in [0.15, 0.2) is 205 Å². The second-order valence-electron chi connectivity index (χ2n) is 14.1. The van der Waals surface area contributed by atoms with Crippen molar-refractivity contribution in [3.63, 3.8) is 0 Å². The van der Waals surface area contributed by atoms with E-state index in [-0.39, 0.29) is 0 Å². The van der Waals surface area contributed by atoms with Crippen molar-refractivity contribution in [2.75, 3.05) is 4.90 Å². The number of anilines is 3. The minimum Gasteiger partial charge on any atom is -0.456 e. The Morgan fingerprint density at radius 2 is 0.982 bits per heavy atom. The van der Waals surface area contributed by atoms with E-state index in [9.17, 15) is 0 Å². The summed E-state index contributed by atoms with van der Waals surface area (Å²) in [5, 5.41) is 7.25. The van der Waals surface area contributed by atoms with Gasteiger partial charge in [0, 0.05) is 47.9 Å². The van der Waals surface area contributed by atoms with E-state index in [4.69, 9.17) is 4.42 Å². The standard InChI is InChI=1S/C52H33NOS/c1-2-12-34(13-3-1)35-24-28-39(29-25-35)53(40-30-26-36(27-31-40)41-18-10-20-45-43-17-7-9-23-50(43)55-52(41)45)47-21-8-6-16-42(47)44-19-11-22-48-51(44)46-32-37-14-4-5-15-38(37)33-49(46)54-48/h1-33H. The molecule has 0 saturated carbocycles. The Morgan fingerprint density at radius 1 is 0.382 bits per heavy atom. The van der Waals surface area contributed by atoms with Crippen LogP contribution in [0.1, 0.15) is 0 Å². The fraction of sp³-hybridized carbons (Fsp3) is 0. The summed E-state index contributed by atoms with van der Waals surface area (Å²) in [6.45, 7) is 0. The molecule has 11 aromatic rings. The zero-order chi connectivity index (χ0) is 36.3. The topological polar surface area (TPSA) is 16.4 Å². The van der Waals surface area contributed by atoms with Gasteiger partial charge < -0.3 is 9.32 Å². The molecule has 2 aromatic heterocycles. The molecule has 9 aromatic carbocycles. The van der Waals surface area contributed by atoms with Crippen molar-refractivity contribution < 1.29 is 4.42 Å². The molecule has 0 radical (unpaired) electrons. The maximum absolute atomic E-state index is 6.54. The number of hydrogen-bond acceptors (Lipinski definition) is 3. The first kappa shape index (κ1) is 31.6. The molecule has 0 amide bonds. The summed E-state index contributed by atoms with van der Waals surface area (Å²) < 4.78 is 9.18. The lowest BCUT2D eigenvalue weighted by Gasteiger charge is -2.28. The van der Waals surface area contributed by atoms with Crippen LogP contribution in [0, 0.1) is 0 Å². The van der Waals surface area contributed by atoms with Crippen molar-refractivity contribution in [1.29, 1.82) is 0 Å². The molecular formula is C52H33NOS. The maximum Gasteiger partial charge on any atom is 0.136 e. The highest BCUT2D eigenvalue weighted by atomic mass is 32.1. The molecule has 0 aliphatic carbocycles. The number of thiophene rings is 1. The molecule has 0 bridgehead atoms. The highest BCUT2D eigenvalue weighted by Gasteiger charge is 2.21. The second-order valence-corrected chi connectivity index (χ2v) is 15.1. The summed E-state index contributed by atoms with van der Waals surface area (Å²) in [5.41, 5.74) is 12.2. The van der Waals surface area contributed by atoms with Crippen molar-refractivity contribution in [2.45, 2.75) is 0 Å². The van der Waals surface area contributed by atoms with Crippen LogP contribution in [0.3, 0.4) is 0 Å². The van der Waals surface area contributed by atoms with Gasteiger partial charge in [-0.2, -0.15) is 0 Å². The van der Waals surface area contributed by atoms with Crippen LogP contribution >= 0.6 is 11.3 Å². The quantitative estimate of drug-likeness (QED) is 0.170. The normalized spacial score (nSPS) is 11.6. The van der Waals surface area contributed by atoms with E-state index in [1.54, 1.807) is 0 Å². The molecular weight excluding hydrogens is 687 g/mol. The molecule has 0 fully saturated rings. The third kappa shape index (κ3) is 5.32. The molecule has 0 aliphatic heterocycles. The van der Waals surface area contributed by atoms with Crippen LogP contribution < -0.4 is 4.90 Å². The third-order valence-electron chi connectivity index (χ3n) is 10.9. The van der Waals surface area contributed by atoms with E-state index in [0.717, 1.165) is 50.1 Å². The number of fused-ring (bicyclic) bond motifs is 7. The first-order valence-electron chi connectivity index (χ1n) is 18.7. The Kier molecular flexibility index (Phi) is 7.39. The zero-order valence-corrected chi connectivity index (χ0v) is 30.6. The number of rotatable bonds is 6. The minimum atomic E-state index is 0.885. The monoisotopic (exact) mass is 719 g/mol. The van der Waals surface area contributed by atoms with Crippen molar-refractivity contribution in [3.05, 3.63) is 200 Å². The molecule has 258 valence electrons. The van der Waals surface area contributed by atoms with Gasteiger partial charge in [0.2, 0.25) is 0 Å². The Hall–Kier alpha value is -6.94. The first-order valence-corrected chi connectivity index (χ1v) is 19.5. The van der Waals surface area contributed by atoms with Gasteiger partial charge in [0.05, 0.1) is 5.69 Å². The van der Waals surface area contributed by atoms with E-state index in [1.165, 1.54) is 53.2 Å². The fourth-order valence-electron chi connectivity index (χ4n) is 8.26. The molecule has 0 spiro atoms. The molecule has 3 heteroatoms. The summed E-state index contributed by atoms with van der Waals surface area (Å²) in [6.07, 6.45) is 0. The molecule has 0 unspecified atom stereocenters. The predicted octanol–water partition coefficient (Wildman–Crippen LogP) is 15.6. The molecule has 0 atom stereocenters. The van der Waals surface area contributed by atoms with Crippen molar-refractivity contribution in [3.8, 4) is 33.4 Å². The van der Waals surface area contributed by atoms with Gasteiger partial charge in [-0.3, -0.25) is 0 Å². The Balaban J connectivity index is 1.09. The third-order valence-corrected chi connectivity index (χ3v) is 12.1. The molecule has 0 N–H and O–H groups in total. The van der Waals surface area contributed by atoms with Gasteiger partial charge in [-0.25, -0.2) is 0 Å². The second kappa shape index (κ2) is 12.9. The number of benzene rings is 9. The van der Waals surface area contributed by atoms with E-state index in [1.807, 2.05) is 11.3 Å². The Labute approximate surface area is 322 Å². The number of para-hydroxylation sites is 1. The van der Waals surface area contributed by atoms with Crippen molar-refractivity contribution in [2.24, 2.45) is 0 Å². The molecule has 2 heterocycles. The average molecular weight is 720 g/mol. The minimum absolute atomic E-state index is 0.885. The van der Waals surface area contributed by atoms with Gasteiger partial charge in [-0.15, -0.1) is 11.3 Å². The maximum atomic E-state index is 6.54. The van der Waals surface area contributed by atoms with Gasteiger partial charge in [0.15, 0.2) is 0 Å². The molecule has 2 nitrogen and oxygen atoms in total. The van der Waals surface area contributed by atoms with Gasteiger partial charge in [0.1, 0.15) is 11.2 Å². The summed E-state index contributed by atoms with van der Waals surface area (Å²) in [7, 11) is 0. The predicted molar refractivity (Wildman–Crippen MR) is 235 cm³/mol. The summed E-state index contributed by atoms with van der Waals surface area (Å²) in [4.78, 5) is 2.39. The number of nitrogens with zero attached hydrogens (tertiary/aromatic N) is 1. The summed E-state index contributed by atoms with van der Waals surface area (Å²) in [6, 6.07) is 72.1. The zero-order valence-electron chi connectivity index (χ0n) is 29.8. The van der Waals surface area contributed by atoms with Crippen LogP contribution in [-0.4, -0.2) is 0 Å². The SMILES string of the molecule is c1ccc(-c2ccc(N(c3ccc(-c4cccc5c4sc4ccccc45)cc3)c3ccccc3-c3cccc4oc5cc6ccccc6cc5c34)cc2)cc1. The van der Waals surface area contributed by atoms with Crippen LogP contribution in [0.25, 0.3) is 86.3 Å². The lowest BCUT2D eigenvalue weighted by molar-refractivity contribution is 0.669. The van der Waals surface area contributed by atoms with Crippen LogP contribution in [0.5, 0.6) is 0 Å². The van der Waals surface area contributed by atoms with Crippen LogP contribution in [0.2, 0.25) is 0 Å². The summed E-state index contributed by atoms with van der Waals surface area (Å²) >= 11 is 1.87. The van der Waals surface area contributed by atoms with Gasteiger partial charge >= 0.3 is 0 Å². The molecule has 0 saturated heterocycles. The van der Waals surface area contributed by atoms with Crippen LogP contribution in [-0.2, 0) is 0 Å². The highest BCUT2D eigenvalue weighted by Crippen LogP contribution is 2.46. The van der Waals surface area contributed by atoms with Crippen LogP contribution in [0.4, 0.5) is 17.1 Å². The molecule has 11 rings (SSSR count). The summed E-state index contributed by atoms with van der Waals surface area (Å²) in [5.74, 6) is 0. The van der Waals surface area contributed by atoms with E-state index < -0.39 is 0 Å². The fourth-order valence-corrected chi connectivity index (χ4v) is 9.50. The first-order chi connectivity index (χ1) is 27.3. The van der Waals surface area contributed by atoms with Crippen molar-refractivity contribution >= 4 is 81.3 Å². The highest BCUT2D eigenvalue weighted by molar-refractivity contribution is 7.26. The molecule has 0 aliphatic rings. The van der Waals surface area contributed by atoms with E-state index in [2.05, 4.69) is 205 Å². The van der Waals surface area contributed by atoms with Gasteiger partial charge in [0.25, 0.3) is 0 Å². The molecule has 55 heavy (non-hydrogen) atoms. The van der Waals surface area contributed by atoms with Gasteiger partial charge in [-0.05, 0) is 93.2 Å².